The molecular formula is C27H31ClFN3O4. The molecule has 0 aliphatic carbocycles. The fourth-order valence-electron chi connectivity index (χ4n) is 5.31. The Balaban J connectivity index is 0.00000304. The maximum Gasteiger partial charge on any atom is 0.410 e. The standard InChI is InChI=1S/C27H30FN3O4.ClH/c28-23-7-5-20(6-8-23)24(32)21-9-15-30(16-10-21)25(33)22-3-1-19(2-4-22)17-31-18-27(35-26(31)34)11-13-29-14-12-27;/h1-8,21,29H,9-18H2;1H. The monoisotopic (exact) mass is 515 g/mol. The lowest BCUT2D eigenvalue weighted by Crippen LogP contribution is -2.44. The highest BCUT2D eigenvalue weighted by atomic mass is 35.5. The predicted octanol–water partition coefficient (Wildman–Crippen LogP) is 4.06. The molecule has 2 aromatic carbocycles. The summed E-state index contributed by atoms with van der Waals surface area (Å²) in [6.07, 6.45) is 2.57. The van der Waals surface area contributed by atoms with E-state index in [1.165, 1.54) is 24.3 Å². The average molecular weight is 516 g/mol. The first-order valence-electron chi connectivity index (χ1n) is 12.3. The quantitative estimate of drug-likeness (QED) is 0.608. The van der Waals surface area contributed by atoms with Gasteiger partial charge in [0, 0.05) is 49.5 Å². The predicted molar refractivity (Wildman–Crippen MR) is 135 cm³/mol. The van der Waals surface area contributed by atoms with Crippen LogP contribution in [0, 0.1) is 11.7 Å². The number of amides is 2. The molecule has 0 saturated carbocycles. The zero-order valence-electron chi connectivity index (χ0n) is 20.1. The van der Waals surface area contributed by atoms with E-state index in [-0.39, 0.29) is 47.5 Å². The summed E-state index contributed by atoms with van der Waals surface area (Å²) in [4.78, 5) is 41.6. The van der Waals surface area contributed by atoms with Gasteiger partial charge in [-0.3, -0.25) is 14.5 Å². The molecule has 3 fully saturated rings. The van der Waals surface area contributed by atoms with Crippen molar-refractivity contribution in [3.05, 3.63) is 71.0 Å². The van der Waals surface area contributed by atoms with Crippen LogP contribution in [0.4, 0.5) is 9.18 Å². The molecule has 3 aliphatic rings. The van der Waals surface area contributed by atoms with Crippen molar-refractivity contribution in [1.29, 1.82) is 0 Å². The van der Waals surface area contributed by atoms with Crippen LogP contribution < -0.4 is 5.32 Å². The second kappa shape index (κ2) is 11.0. The summed E-state index contributed by atoms with van der Waals surface area (Å²) in [7, 11) is 0. The number of piperidine rings is 2. The van der Waals surface area contributed by atoms with Crippen molar-refractivity contribution in [1.82, 2.24) is 15.1 Å². The lowest BCUT2D eigenvalue weighted by molar-refractivity contribution is 0.0316. The van der Waals surface area contributed by atoms with Crippen molar-refractivity contribution in [3.63, 3.8) is 0 Å². The number of rotatable bonds is 5. The Bertz CT molecular complexity index is 1100. The number of nitrogens with one attached hydrogen (secondary N) is 1. The molecule has 36 heavy (non-hydrogen) atoms. The maximum absolute atomic E-state index is 13.1. The summed E-state index contributed by atoms with van der Waals surface area (Å²) in [6, 6.07) is 13.0. The molecule has 2 aromatic rings. The minimum Gasteiger partial charge on any atom is -0.441 e. The third-order valence-corrected chi connectivity index (χ3v) is 7.41. The van der Waals surface area contributed by atoms with Gasteiger partial charge in [-0.1, -0.05) is 12.1 Å². The van der Waals surface area contributed by atoms with Crippen LogP contribution in [-0.2, 0) is 11.3 Å². The molecular weight excluding hydrogens is 485 g/mol. The van der Waals surface area contributed by atoms with Gasteiger partial charge in [-0.05, 0) is 67.9 Å². The van der Waals surface area contributed by atoms with Gasteiger partial charge in [-0.25, -0.2) is 9.18 Å². The van der Waals surface area contributed by atoms with Crippen LogP contribution in [-0.4, -0.2) is 65.9 Å². The Kier molecular flexibility index (Phi) is 7.95. The summed E-state index contributed by atoms with van der Waals surface area (Å²) in [5.74, 6) is -0.569. The Hall–Kier alpha value is -2.97. The van der Waals surface area contributed by atoms with Gasteiger partial charge in [0.1, 0.15) is 11.4 Å². The summed E-state index contributed by atoms with van der Waals surface area (Å²) < 4.78 is 18.9. The molecule has 3 saturated heterocycles. The molecule has 0 aromatic heterocycles. The minimum absolute atomic E-state index is 0. The van der Waals surface area contributed by atoms with Crippen LogP contribution in [0.5, 0.6) is 0 Å². The molecule has 192 valence electrons. The number of hydrogen-bond donors (Lipinski definition) is 1. The number of ether oxygens (including phenoxy) is 1. The summed E-state index contributed by atoms with van der Waals surface area (Å²) in [6.45, 7) is 3.79. The van der Waals surface area contributed by atoms with Crippen molar-refractivity contribution in [2.24, 2.45) is 5.92 Å². The molecule has 0 atom stereocenters. The van der Waals surface area contributed by atoms with E-state index >= 15 is 0 Å². The highest BCUT2D eigenvalue weighted by Crippen LogP contribution is 2.32. The van der Waals surface area contributed by atoms with E-state index in [0.29, 0.717) is 50.1 Å². The molecule has 9 heteroatoms. The fourth-order valence-corrected chi connectivity index (χ4v) is 5.31. The fraction of sp³-hybridized carbons (Fsp3) is 0.444. The molecule has 2 amide bonds. The highest BCUT2D eigenvalue weighted by molar-refractivity contribution is 5.98. The number of carbonyl (C=O) groups excluding carboxylic acids is 3. The Morgan fingerprint density at radius 2 is 1.58 bits per heavy atom. The molecule has 0 radical (unpaired) electrons. The van der Waals surface area contributed by atoms with E-state index in [1.807, 2.05) is 12.1 Å². The second-order valence-corrected chi connectivity index (χ2v) is 9.79. The number of carbonyl (C=O) groups is 3. The molecule has 1 N–H and O–H groups in total. The first kappa shape index (κ1) is 26.1. The van der Waals surface area contributed by atoms with Crippen molar-refractivity contribution in [2.75, 3.05) is 32.7 Å². The summed E-state index contributed by atoms with van der Waals surface area (Å²) >= 11 is 0. The Morgan fingerprint density at radius 1 is 0.972 bits per heavy atom. The van der Waals surface area contributed by atoms with Gasteiger partial charge in [0.05, 0.1) is 6.54 Å². The van der Waals surface area contributed by atoms with Gasteiger partial charge in [0.2, 0.25) is 0 Å². The molecule has 1 spiro atoms. The normalized spacial score (nSPS) is 19.6. The van der Waals surface area contributed by atoms with E-state index in [0.717, 1.165) is 31.5 Å². The zero-order chi connectivity index (χ0) is 24.4. The van der Waals surface area contributed by atoms with E-state index in [4.69, 9.17) is 4.74 Å². The van der Waals surface area contributed by atoms with Crippen LogP contribution >= 0.6 is 12.4 Å². The lowest BCUT2D eigenvalue weighted by Gasteiger charge is -2.31. The Morgan fingerprint density at radius 3 is 2.22 bits per heavy atom. The van der Waals surface area contributed by atoms with Gasteiger partial charge in [-0.2, -0.15) is 0 Å². The smallest absolute Gasteiger partial charge is 0.410 e. The van der Waals surface area contributed by atoms with Crippen LogP contribution in [0.15, 0.2) is 48.5 Å². The van der Waals surface area contributed by atoms with Crippen molar-refractivity contribution >= 4 is 30.2 Å². The van der Waals surface area contributed by atoms with Gasteiger partial charge in [0.15, 0.2) is 5.78 Å². The Labute approximate surface area is 216 Å². The van der Waals surface area contributed by atoms with Crippen molar-refractivity contribution < 1.29 is 23.5 Å². The van der Waals surface area contributed by atoms with Crippen molar-refractivity contribution in [2.45, 2.75) is 37.8 Å². The lowest BCUT2D eigenvalue weighted by atomic mass is 9.88. The highest BCUT2D eigenvalue weighted by Gasteiger charge is 2.45. The van der Waals surface area contributed by atoms with E-state index < -0.39 is 0 Å². The maximum atomic E-state index is 13.1. The first-order valence-corrected chi connectivity index (χ1v) is 12.3. The number of halogens is 2. The molecule has 5 rings (SSSR count). The van der Waals surface area contributed by atoms with Crippen LogP contribution in [0.1, 0.15) is 52.0 Å². The van der Waals surface area contributed by atoms with Gasteiger partial charge >= 0.3 is 6.09 Å². The van der Waals surface area contributed by atoms with Crippen LogP contribution in [0.2, 0.25) is 0 Å². The van der Waals surface area contributed by atoms with Crippen LogP contribution in [0.3, 0.4) is 0 Å². The van der Waals surface area contributed by atoms with Gasteiger partial charge in [-0.15, -0.1) is 12.4 Å². The summed E-state index contributed by atoms with van der Waals surface area (Å²) in [5.41, 5.74) is 1.69. The number of nitrogens with zero attached hydrogens (tertiary/aromatic N) is 2. The van der Waals surface area contributed by atoms with Crippen molar-refractivity contribution in [3.8, 4) is 0 Å². The SMILES string of the molecule is Cl.O=C(c1ccc(F)cc1)C1CCN(C(=O)c2ccc(CN3CC4(CCNCC4)OC3=O)cc2)CC1. The third-order valence-electron chi connectivity index (χ3n) is 7.41. The molecule has 3 aliphatic heterocycles. The molecule has 3 heterocycles. The molecule has 7 nitrogen and oxygen atoms in total. The first-order chi connectivity index (χ1) is 16.9. The topological polar surface area (TPSA) is 79.0 Å². The number of likely N-dealkylation sites (tertiary alicyclic amines) is 1. The minimum atomic E-state index is -0.373. The average Bonchev–Trinajstić information content (AvgIpc) is 3.18. The van der Waals surface area contributed by atoms with E-state index in [1.54, 1.807) is 21.9 Å². The number of Topliss-reactive ketones (excluding diaryl/α,β-unsaturated/α-hetero) is 1. The van der Waals surface area contributed by atoms with E-state index in [2.05, 4.69) is 5.32 Å². The largest absolute Gasteiger partial charge is 0.441 e. The number of benzene rings is 2. The number of hydrogen-bond acceptors (Lipinski definition) is 5. The van der Waals surface area contributed by atoms with Gasteiger partial charge in [0.25, 0.3) is 5.91 Å². The zero-order valence-corrected chi connectivity index (χ0v) is 20.9. The van der Waals surface area contributed by atoms with Gasteiger partial charge < -0.3 is 15.0 Å². The number of ketones is 1. The summed E-state index contributed by atoms with van der Waals surface area (Å²) in [5, 5.41) is 3.30. The molecule has 0 unspecified atom stereocenters. The molecule has 0 bridgehead atoms. The van der Waals surface area contributed by atoms with Crippen LogP contribution in [0.25, 0.3) is 0 Å². The second-order valence-electron chi connectivity index (χ2n) is 9.79. The third kappa shape index (κ3) is 5.55. The van der Waals surface area contributed by atoms with E-state index in [9.17, 15) is 18.8 Å².